The molecule has 1 atom stereocenters. The smallest absolute Gasteiger partial charge is 0.274 e. The molecule has 3 nitrogen and oxygen atoms in total. The predicted molar refractivity (Wildman–Crippen MR) is 29.0 cm³/mol. The first-order valence-electron chi connectivity index (χ1n) is 2.38. The Balaban J connectivity index is 2.54. The summed E-state index contributed by atoms with van der Waals surface area (Å²) in [5.74, 6) is -0.281. The van der Waals surface area contributed by atoms with E-state index >= 15 is 0 Å². The fourth-order valence-electron chi connectivity index (χ4n) is 0.472. The van der Waals surface area contributed by atoms with Gasteiger partial charge in [0.15, 0.2) is 6.42 Å². The number of nitrogens with one attached hydrogen (secondary N) is 1. The molecule has 0 fully saturated rings. The Morgan fingerprint density at radius 3 is 3.12 bits per heavy atom. The molecule has 3 radical (unpaired) electrons. The largest absolute Gasteiger partial charge is 0.364 e. The van der Waals surface area contributed by atoms with Crippen LogP contribution in [0.3, 0.4) is 0 Å². The van der Waals surface area contributed by atoms with E-state index in [-0.39, 0.29) is 11.9 Å². The standard InChI is InChI=1S/C5H6N2O/c1-4-2-5(8)7-3-6-4/h3-4,6H,1H3/q+1. The zero-order chi connectivity index (χ0) is 5.98. The molecule has 1 aliphatic heterocycles. The molecule has 8 heavy (non-hydrogen) atoms. The van der Waals surface area contributed by atoms with Crippen molar-refractivity contribution in [2.24, 2.45) is 0 Å². The van der Waals surface area contributed by atoms with Crippen LogP contribution in [0, 0.1) is 6.42 Å². The highest BCUT2D eigenvalue weighted by atomic mass is 16.1. The Hall–Kier alpha value is -0.860. The van der Waals surface area contributed by atoms with Gasteiger partial charge in [-0.1, -0.05) is 0 Å². The van der Waals surface area contributed by atoms with Gasteiger partial charge in [0.05, 0.1) is 0 Å². The fourth-order valence-corrected chi connectivity index (χ4v) is 0.472. The summed E-state index contributed by atoms with van der Waals surface area (Å²) in [5.41, 5.74) is 0. The first-order chi connectivity index (χ1) is 3.79. The summed E-state index contributed by atoms with van der Waals surface area (Å²) in [6.45, 7) is 1.84. The monoisotopic (exact) mass is 110 g/mol. The quantitative estimate of drug-likeness (QED) is 0.432. The molecule has 0 saturated carbocycles. The third-order valence-electron chi connectivity index (χ3n) is 0.846. The van der Waals surface area contributed by atoms with E-state index in [0.717, 1.165) is 0 Å². The molecule has 0 spiro atoms. The highest BCUT2D eigenvalue weighted by molar-refractivity contribution is 5.91. The molecule has 41 valence electrons. The van der Waals surface area contributed by atoms with E-state index < -0.39 is 0 Å². The zero-order valence-corrected chi connectivity index (χ0v) is 4.51. The third-order valence-corrected chi connectivity index (χ3v) is 0.846. The van der Waals surface area contributed by atoms with Crippen LogP contribution in [0.15, 0.2) is 0 Å². The van der Waals surface area contributed by atoms with Crippen molar-refractivity contribution in [3.8, 4) is 0 Å². The van der Waals surface area contributed by atoms with Crippen molar-refractivity contribution in [3.63, 3.8) is 0 Å². The lowest BCUT2D eigenvalue weighted by molar-refractivity contribution is -0.116. The van der Waals surface area contributed by atoms with Crippen LogP contribution in [0.4, 0.5) is 0 Å². The molecule has 1 unspecified atom stereocenters. The average Bonchev–Trinajstić information content (AvgIpc) is 1.64. The van der Waals surface area contributed by atoms with Crippen LogP contribution in [0.2, 0.25) is 0 Å². The molecule has 0 saturated heterocycles. The number of carbonyl (C=O) groups excluding carboxylic acids is 1. The number of aliphatic imine (C=N–C) groups is 1. The van der Waals surface area contributed by atoms with Gasteiger partial charge in [-0.2, -0.15) is 0 Å². The first-order valence-corrected chi connectivity index (χ1v) is 2.38. The van der Waals surface area contributed by atoms with E-state index in [1.54, 1.807) is 0 Å². The maximum absolute atomic E-state index is 10.3. The Morgan fingerprint density at radius 2 is 2.75 bits per heavy atom. The second kappa shape index (κ2) is 1.94. The van der Waals surface area contributed by atoms with Gasteiger partial charge in [-0.05, 0) is 11.9 Å². The summed E-state index contributed by atoms with van der Waals surface area (Å²) in [6, 6.07) is 0.0139. The molecular formula is C5H6N2O+. The van der Waals surface area contributed by atoms with Gasteiger partial charge in [-0.25, -0.2) is 4.79 Å². The van der Waals surface area contributed by atoms with Crippen LogP contribution in [0.1, 0.15) is 6.92 Å². The van der Waals surface area contributed by atoms with Crippen LogP contribution >= 0.6 is 0 Å². The van der Waals surface area contributed by atoms with Gasteiger partial charge in [0.2, 0.25) is 0 Å². The van der Waals surface area contributed by atoms with Crippen LogP contribution in [0.25, 0.3) is 0 Å². The van der Waals surface area contributed by atoms with Gasteiger partial charge in [-0.3, -0.25) is 5.32 Å². The molecule has 0 aliphatic carbocycles. The second-order valence-electron chi connectivity index (χ2n) is 1.60. The molecule has 0 aromatic heterocycles. The van der Waals surface area contributed by atoms with Crippen LogP contribution in [0.5, 0.6) is 0 Å². The van der Waals surface area contributed by atoms with Crippen LogP contribution in [-0.4, -0.2) is 18.3 Å². The Kier molecular flexibility index (Phi) is 1.28. The molecule has 1 rings (SSSR count). The van der Waals surface area contributed by atoms with Crippen molar-refractivity contribution in [1.82, 2.24) is 10.3 Å². The topological polar surface area (TPSA) is 43.2 Å². The number of carbonyl (C=O) groups is 1. The molecule has 0 aromatic rings. The number of rotatable bonds is 0. The number of nitrogens with zero attached hydrogens (tertiary/aromatic N) is 1. The maximum Gasteiger partial charge on any atom is 0.364 e. The van der Waals surface area contributed by atoms with Crippen molar-refractivity contribution < 1.29 is 4.79 Å². The maximum atomic E-state index is 10.3. The van der Waals surface area contributed by atoms with Crippen molar-refractivity contribution >= 4 is 12.2 Å². The molecule has 0 aromatic carbocycles. The number of amides is 1. The predicted octanol–water partition coefficient (Wildman–Crippen LogP) is -1.05. The summed E-state index contributed by atoms with van der Waals surface area (Å²) in [6.07, 6.45) is 3.92. The Morgan fingerprint density at radius 1 is 2.00 bits per heavy atom. The van der Waals surface area contributed by atoms with E-state index in [4.69, 9.17) is 0 Å². The van der Waals surface area contributed by atoms with Crippen LogP contribution in [-0.2, 0) is 4.79 Å². The van der Waals surface area contributed by atoms with Crippen molar-refractivity contribution in [1.29, 1.82) is 0 Å². The minimum Gasteiger partial charge on any atom is -0.274 e. The van der Waals surface area contributed by atoms with Crippen LogP contribution < -0.4 is 10.3 Å². The normalized spacial score (nSPS) is 27.6. The van der Waals surface area contributed by atoms with E-state index in [1.807, 2.05) is 6.92 Å². The van der Waals surface area contributed by atoms with Gasteiger partial charge in [0, 0.05) is 0 Å². The Labute approximate surface area is 47.8 Å². The van der Waals surface area contributed by atoms with E-state index in [2.05, 4.69) is 16.7 Å². The first kappa shape index (κ1) is 5.28. The fraction of sp³-hybridized carbons (Fsp3) is 0.400. The minimum atomic E-state index is -0.281. The molecule has 1 aliphatic rings. The SMILES string of the molecule is CC1[C]C(=O)[N+]=CN1. The van der Waals surface area contributed by atoms with Crippen molar-refractivity contribution in [2.45, 2.75) is 13.0 Å². The van der Waals surface area contributed by atoms with Gasteiger partial charge in [0.25, 0.3) is 6.34 Å². The lowest BCUT2D eigenvalue weighted by atomic mass is 10.2. The average molecular weight is 110 g/mol. The lowest BCUT2D eigenvalue weighted by Crippen LogP contribution is -2.36. The zero-order valence-electron chi connectivity index (χ0n) is 4.51. The van der Waals surface area contributed by atoms with Gasteiger partial charge >= 0.3 is 5.91 Å². The summed E-state index contributed by atoms with van der Waals surface area (Å²) < 4.78 is 0. The molecular weight excluding hydrogens is 104 g/mol. The summed E-state index contributed by atoms with van der Waals surface area (Å²) >= 11 is 0. The molecule has 1 heterocycles. The van der Waals surface area contributed by atoms with E-state index in [9.17, 15) is 4.79 Å². The second-order valence-corrected chi connectivity index (χ2v) is 1.60. The molecule has 3 heteroatoms. The summed E-state index contributed by atoms with van der Waals surface area (Å²) in [5, 5.41) is 2.79. The minimum absolute atomic E-state index is 0.0139. The summed E-state index contributed by atoms with van der Waals surface area (Å²) in [7, 11) is 0. The van der Waals surface area contributed by atoms with Crippen molar-refractivity contribution in [3.05, 3.63) is 6.42 Å². The van der Waals surface area contributed by atoms with Crippen molar-refractivity contribution in [2.75, 3.05) is 0 Å². The highest BCUT2D eigenvalue weighted by Gasteiger charge is 2.19. The highest BCUT2D eigenvalue weighted by Crippen LogP contribution is 1.88. The summed E-state index contributed by atoms with van der Waals surface area (Å²) in [4.78, 5) is 13.7. The third kappa shape index (κ3) is 1.05. The Bertz CT molecular complexity index is 130. The number of hydrogen-bond donors (Lipinski definition) is 1. The lowest BCUT2D eigenvalue weighted by Gasteiger charge is -2.01. The molecule has 1 N–H and O–H groups in total. The van der Waals surface area contributed by atoms with E-state index in [0.29, 0.717) is 0 Å². The van der Waals surface area contributed by atoms with Gasteiger partial charge in [-0.15, -0.1) is 0 Å². The van der Waals surface area contributed by atoms with Gasteiger partial charge in [0.1, 0.15) is 6.04 Å². The number of hydrogen-bond acceptors (Lipinski definition) is 2. The van der Waals surface area contributed by atoms with Gasteiger partial charge < -0.3 is 0 Å². The molecule has 1 amide bonds. The van der Waals surface area contributed by atoms with E-state index in [1.165, 1.54) is 6.34 Å². The molecule has 0 bridgehead atoms.